The van der Waals surface area contributed by atoms with Crippen molar-refractivity contribution in [1.29, 1.82) is 0 Å². The summed E-state index contributed by atoms with van der Waals surface area (Å²) in [6, 6.07) is 9.18. The van der Waals surface area contributed by atoms with Crippen LogP contribution in [0.25, 0.3) is 6.08 Å². The lowest BCUT2D eigenvalue weighted by atomic mass is 9.95. The summed E-state index contributed by atoms with van der Waals surface area (Å²) in [4.78, 5) is 42.9. The Morgan fingerprint density at radius 2 is 1.80 bits per heavy atom. The summed E-state index contributed by atoms with van der Waals surface area (Å²) in [7, 11) is 4.47. The summed E-state index contributed by atoms with van der Waals surface area (Å²) in [6.07, 6.45) is 1.67. The number of aromatic nitrogens is 1. The second kappa shape index (κ2) is 12.1. The number of benzene rings is 2. The van der Waals surface area contributed by atoms with Gasteiger partial charge in [-0.05, 0) is 49.8 Å². The molecule has 11 nitrogen and oxygen atoms in total. The standard InChI is InChI=1S/C28H28N2O9S/c1-6-38-27(34)24-15(2)29-28-30(25(24)18-9-8-17(35-3)13-20(18)36-4)26(33)22(40-28)12-16-7-10-19(21(11-16)37-5)39-14-23(31)32/h7-13,25H,6,14H2,1-5H3,(H,31,32)/b22-12+/t25-/m1/s1. The zero-order chi connectivity index (χ0) is 29.0. The second-order valence-electron chi connectivity index (χ2n) is 8.50. The SMILES string of the molecule is CCOC(=O)C1=C(C)N=c2s/c(=C/c3ccc(OCC(=O)O)c(OC)c3)c(=O)n2[C@@H]1c1ccc(OC)cc1OC. The Morgan fingerprint density at radius 3 is 2.45 bits per heavy atom. The Kier molecular flexibility index (Phi) is 8.58. The minimum Gasteiger partial charge on any atom is -0.497 e. The van der Waals surface area contributed by atoms with E-state index in [0.717, 1.165) is 0 Å². The largest absolute Gasteiger partial charge is 0.497 e. The number of carbonyl (C=O) groups excluding carboxylic acids is 1. The number of rotatable bonds is 10. The van der Waals surface area contributed by atoms with E-state index >= 15 is 0 Å². The van der Waals surface area contributed by atoms with Gasteiger partial charge in [0.2, 0.25) is 0 Å². The van der Waals surface area contributed by atoms with Gasteiger partial charge >= 0.3 is 11.9 Å². The molecule has 0 radical (unpaired) electrons. The normalized spacial score (nSPS) is 14.7. The van der Waals surface area contributed by atoms with Crippen LogP contribution in [0.15, 0.2) is 57.5 Å². The maximum Gasteiger partial charge on any atom is 0.341 e. The first-order chi connectivity index (χ1) is 19.2. The van der Waals surface area contributed by atoms with Gasteiger partial charge in [-0.3, -0.25) is 9.36 Å². The van der Waals surface area contributed by atoms with Crippen molar-refractivity contribution in [3.05, 3.63) is 78.5 Å². The molecule has 0 saturated heterocycles. The fourth-order valence-corrected chi connectivity index (χ4v) is 5.36. The number of fused-ring (bicyclic) bond motifs is 1. The Morgan fingerprint density at radius 1 is 1.05 bits per heavy atom. The maximum atomic E-state index is 13.9. The number of carboxylic acids is 1. The van der Waals surface area contributed by atoms with E-state index in [2.05, 4.69) is 4.99 Å². The van der Waals surface area contributed by atoms with E-state index in [0.29, 0.717) is 43.4 Å². The molecule has 0 amide bonds. The maximum absolute atomic E-state index is 13.9. The molecule has 1 aliphatic rings. The number of nitrogens with zero attached hydrogens (tertiary/aromatic N) is 2. The smallest absolute Gasteiger partial charge is 0.341 e. The number of carbonyl (C=O) groups is 2. The van der Waals surface area contributed by atoms with Gasteiger partial charge in [0.25, 0.3) is 5.56 Å². The van der Waals surface area contributed by atoms with E-state index in [4.69, 9.17) is 28.8 Å². The first kappa shape index (κ1) is 28.4. The summed E-state index contributed by atoms with van der Waals surface area (Å²) in [6.45, 7) is 3.04. The summed E-state index contributed by atoms with van der Waals surface area (Å²) < 4.78 is 28.7. The molecule has 40 heavy (non-hydrogen) atoms. The average Bonchev–Trinajstić information content (AvgIpc) is 3.24. The van der Waals surface area contributed by atoms with E-state index in [-0.39, 0.29) is 23.5 Å². The van der Waals surface area contributed by atoms with Crippen LogP contribution in [-0.2, 0) is 14.3 Å². The number of esters is 1. The van der Waals surface area contributed by atoms with E-state index in [1.807, 2.05) is 0 Å². The van der Waals surface area contributed by atoms with Crippen LogP contribution in [0.2, 0.25) is 0 Å². The molecule has 2 aromatic carbocycles. The van der Waals surface area contributed by atoms with Crippen molar-refractivity contribution in [2.45, 2.75) is 19.9 Å². The molecule has 1 atom stereocenters. The van der Waals surface area contributed by atoms with Crippen molar-refractivity contribution < 1.29 is 38.4 Å². The van der Waals surface area contributed by atoms with Gasteiger partial charge in [-0.15, -0.1) is 0 Å². The number of carboxylic acid groups (broad SMARTS) is 1. The van der Waals surface area contributed by atoms with E-state index in [1.165, 1.54) is 37.2 Å². The molecule has 12 heteroatoms. The number of aliphatic carboxylic acids is 1. The summed E-state index contributed by atoms with van der Waals surface area (Å²) in [5.41, 5.74) is 1.47. The third-order valence-corrected chi connectivity index (χ3v) is 7.07. The van der Waals surface area contributed by atoms with E-state index < -0.39 is 24.6 Å². The van der Waals surface area contributed by atoms with Crippen LogP contribution in [0.1, 0.15) is 31.0 Å². The van der Waals surface area contributed by atoms with Crippen molar-refractivity contribution in [3.8, 4) is 23.0 Å². The molecule has 1 aliphatic heterocycles. The third kappa shape index (κ3) is 5.57. The minimum atomic E-state index is -1.12. The molecule has 0 spiro atoms. The Bertz CT molecular complexity index is 1670. The van der Waals surface area contributed by atoms with Crippen LogP contribution < -0.4 is 33.8 Å². The van der Waals surface area contributed by atoms with Crippen LogP contribution >= 0.6 is 11.3 Å². The van der Waals surface area contributed by atoms with Gasteiger partial charge in [-0.2, -0.15) is 0 Å². The van der Waals surface area contributed by atoms with Crippen molar-refractivity contribution in [3.63, 3.8) is 0 Å². The van der Waals surface area contributed by atoms with Gasteiger partial charge < -0.3 is 28.8 Å². The average molecular weight is 569 g/mol. The zero-order valence-corrected chi connectivity index (χ0v) is 23.4. The molecule has 1 aromatic heterocycles. The van der Waals surface area contributed by atoms with Gasteiger partial charge in [0.05, 0.1) is 43.7 Å². The Hall–Kier alpha value is -4.58. The highest BCUT2D eigenvalue weighted by Crippen LogP contribution is 2.37. The van der Waals surface area contributed by atoms with E-state index in [1.54, 1.807) is 56.3 Å². The molecule has 4 rings (SSSR count). The van der Waals surface area contributed by atoms with Crippen LogP contribution in [-0.4, -0.2) is 56.2 Å². The van der Waals surface area contributed by atoms with Gasteiger partial charge in [-0.1, -0.05) is 17.4 Å². The molecule has 2 heterocycles. The van der Waals surface area contributed by atoms with Crippen molar-refractivity contribution in [2.24, 2.45) is 4.99 Å². The van der Waals surface area contributed by atoms with Crippen molar-refractivity contribution >= 4 is 29.4 Å². The molecule has 3 aromatic rings. The van der Waals surface area contributed by atoms with Gasteiger partial charge in [-0.25, -0.2) is 14.6 Å². The van der Waals surface area contributed by atoms with Crippen molar-refractivity contribution in [2.75, 3.05) is 34.5 Å². The quantitative estimate of drug-likeness (QED) is 0.366. The molecule has 0 saturated carbocycles. The predicted molar refractivity (Wildman–Crippen MR) is 146 cm³/mol. The number of methoxy groups -OCH3 is 3. The molecule has 210 valence electrons. The molecule has 0 unspecified atom stereocenters. The number of allylic oxidation sites excluding steroid dienone is 1. The Balaban J connectivity index is 1.90. The minimum absolute atomic E-state index is 0.153. The molecule has 0 fully saturated rings. The lowest BCUT2D eigenvalue weighted by Crippen LogP contribution is -2.40. The number of thiazole rings is 1. The fourth-order valence-electron chi connectivity index (χ4n) is 4.31. The van der Waals surface area contributed by atoms with E-state index in [9.17, 15) is 14.4 Å². The lowest BCUT2D eigenvalue weighted by molar-refractivity contribution is -0.140. The van der Waals surface area contributed by atoms with Crippen molar-refractivity contribution in [1.82, 2.24) is 4.57 Å². The van der Waals surface area contributed by atoms with Crippen LogP contribution in [0, 0.1) is 0 Å². The first-order valence-corrected chi connectivity index (χ1v) is 13.0. The number of hydrogen-bond donors (Lipinski definition) is 1. The van der Waals surface area contributed by atoms with Crippen LogP contribution in [0.3, 0.4) is 0 Å². The molecular formula is C28H28N2O9S. The summed E-state index contributed by atoms with van der Waals surface area (Å²) in [5, 5.41) is 8.90. The first-order valence-electron chi connectivity index (χ1n) is 12.2. The monoisotopic (exact) mass is 568 g/mol. The zero-order valence-electron chi connectivity index (χ0n) is 22.5. The predicted octanol–water partition coefficient (Wildman–Crippen LogP) is 2.29. The fraction of sp³-hybridized carbons (Fsp3) is 0.286. The van der Waals surface area contributed by atoms with Gasteiger partial charge in [0.1, 0.15) is 17.5 Å². The topological polar surface area (TPSA) is 135 Å². The van der Waals surface area contributed by atoms with Crippen LogP contribution in [0.4, 0.5) is 0 Å². The highest BCUT2D eigenvalue weighted by Gasteiger charge is 2.35. The second-order valence-corrected chi connectivity index (χ2v) is 9.51. The molecular weight excluding hydrogens is 540 g/mol. The Labute approximate surface area is 233 Å². The number of hydrogen-bond acceptors (Lipinski definition) is 10. The highest BCUT2D eigenvalue weighted by atomic mass is 32.1. The molecule has 1 N–H and O–H groups in total. The lowest BCUT2D eigenvalue weighted by Gasteiger charge is -2.26. The highest BCUT2D eigenvalue weighted by molar-refractivity contribution is 7.07. The number of ether oxygens (including phenoxy) is 5. The molecule has 0 bridgehead atoms. The summed E-state index contributed by atoms with van der Waals surface area (Å²) in [5.74, 6) is -0.155. The molecule has 0 aliphatic carbocycles. The van der Waals surface area contributed by atoms with Gasteiger partial charge in [0.15, 0.2) is 22.9 Å². The van der Waals surface area contributed by atoms with Gasteiger partial charge in [0, 0.05) is 11.6 Å². The third-order valence-electron chi connectivity index (χ3n) is 6.09. The van der Waals surface area contributed by atoms with Crippen LogP contribution in [0.5, 0.6) is 23.0 Å². The summed E-state index contributed by atoms with van der Waals surface area (Å²) >= 11 is 1.17.